The quantitative estimate of drug-likeness (QED) is 0.701. The number of hydrogen-bond acceptors (Lipinski definition) is 3. The van der Waals surface area contributed by atoms with Crippen LogP contribution in [0.1, 0.15) is 26.7 Å². The topological polar surface area (TPSA) is 35.5 Å². The largest absolute Gasteiger partial charge is 0.395 e. The normalized spacial score (nSPS) is 22.9. The van der Waals surface area contributed by atoms with E-state index in [-0.39, 0.29) is 12.6 Å². The molecule has 1 fully saturated rings. The molecule has 0 aromatic rings. The molecule has 1 heterocycles. The van der Waals surface area contributed by atoms with E-state index in [9.17, 15) is 5.11 Å². The van der Waals surface area contributed by atoms with Crippen LogP contribution in [0, 0.1) is 5.92 Å². The fourth-order valence-electron chi connectivity index (χ4n) is 1.93. The molecule has 2 N–H and O–H groups in total. The van der Waals surface area contributed by atoms with Gasteiger partial charge in [0.25, 0.3) is 0 Å². The predicted octanol–water partition coefficient (Wildman–Crippen LogP) is 0.687. The molecule has 0 unspecified atom stereocenters. The number of aliphatic hydroxyl groups is 1. The Kier molecular flexibility index (Phi) is 4.85. The minimum absolute atomic E-state index is 0.254. The first-order chi connectivity index (χ1) is 6.63. The third-order valence-electron chi connectivity index (χ3n) is 3.17. The van der Waals surface area contributed by atoms with Crippen molar-refractivity contribution in [2.45, 2.75) is 38.8 Å². The summed E-state index contributed by atoms with van der Waals surface area (Å²) in [6.45, 7) is 6.91. The highest BCUT2D eigenvalue weighted by molar-refractivity contribution is 4.80. The van der Waals surface area contributed by atoms with Gasteiger partial charge in [0.2, 0.25) is 0 Å². The third kappa shape index (κ3) is 3.56. The molecule has 0 saturated carbocycles. The maximum absolute atomic E-state index is 9.21. The average molecular weight is 200 g/mol. The zero-order chi connectivity index (χ0) is 10.6. The molecule has 1 atom stereocenters. The van der Waals surface area contributed by atoms with Gasteiger partial charge in [0.1, 0.15) is 0 Å². The van der Waals surface area contributed by atoms with Gasteiger partial charge < -0.3 is 15.3 Å². The second-order valence-electron chi connectivity index (χ2n) is 4.78. The van der Waals surface area contributed by atoms with Gasteiger partial charge >= 0.3 is 0 Å². The Bertz CT molecular complexity index is 153. The number of aliphatic hydroxyl groups excluding tert-OH is 1. The molecule has 0 amide bonds. The van der Waals surface area contributed by atoms with Gasteiger partial charge in [0, 0.05) is 12.1 Å². The molecule has 3 heteroatoms. The highest BCUT2D eigenvalue weighted by Gasteiger charge is 2.20. The van der Waals surface area contributed by atoms with Gasteiger partial charge in [-0.25, -0.2) is 0 Å². The lowest BCUT2D eigenvalue weighted by Gasteiger charge is -2.33. The standard InChI is InChI=1S/C11H24N2O/c1-9(2)11(8-14)12-10-4-6-13(3)7-5-10/h9-12,14H,4-8H2,1-3H3/t11-/m1/s1. The summed E-state index contributed by atoms with van der Waals surface area (Å²) < 4.78 is 0. The lowest BCUT2D eigenvalue weighted by Crippen LogP contribution is -2.48. The molecule has 14 heavy (non-hydrogen) atoms. The smallest absolute Gasteiger partial charge is 0.0587 e. The van der Waals surface area contributed by atoms with Gasteiger partial charge in [0.15, 0.2) is 0 Å². The van der Waals surface area contributed by atoms with Crippen LogP contribution < -0.4 is 5.32 Å². The summed E-state index contributed by atoms with van der Waals surface area (Å²) >= 11 is 0. The molecule has 0 spiro atoms. The van der Waals surface area contributed by atoms with Crippen LogP contribution in [0.5, 0.6) is 0 Å². The molecule has 1 rings (SSSR count). The first-order valence-electron chi connectivity index (χ1n) is 5.69. The summed E-state index contributed by atoms with van der Waals surface area (Å²) in [4.78, 5) is 2.36. The first-order valence-corrected chi connectivity index (χ1v) is 5.69. The van der Waals surface area contributed by atoms with Crippen LogP contribution in [-0.2, 0) is 0 Å². The Labute approximate surface area is 87.5 Å². The second-order valence-corrected chi connectivity index (χ2v) is 4.78. The molecule has 84 valence electrons. The van der Waals surface area contributed by atoms with Crippen LogP contribution in [0.2, 0.25) is 0 Å². The van der Waals surface area contributed by atoms with E-state index >= 15 is 0 Å². The summed E-state index contributed by atoms with van der Waals surface area (Å²) in [5, 5.41) is 12.8. The van der Waals surface area contributed by atoms with Gasteiger partial charge in [-0.2, -0.15) is 0 Å². The van der Waals surface area contributed by atoms with Crippen LogP contribution in [0.3, 0.4) is 0 Å². The number of likely N-dealkylation sites (tertiary alicyclic amines) is 1. The maximum atomic E-state index is 9.21. The Balaban J connectivity index is 2.29. The van der Waals surface area contributed by atoms with E-state index in [0.29, 0.717) is 12.0 Å². The van der Waals surface area contributed by atoms with Crippen molar-refractivity contribution in [1.29, 1.82) is 0 Å². The number of piperidine rings is 1. The van der Waals surface area contributed by atoms with Crippen molar-refractivity contribution in [2.75, 3.05) is 26.7 Å². The van der Waals surface area contributed by atoms with Crippen molar-refractivity contribution in [3.63, 3.8) is 0 Å². The second kappa shape index (κ2) is 5.69. The molecule has 0 aromatic heterocycles. The zero-order valence-electron chi connectivity index (χ0n) is 9.66. The van der Waals surface area contributed by atoms with Gasteiger partial charge in [-0.15, -0.1) is 0 Å². The van der Waals surface area contributed by atoms with E-state index in [0.717, 1.165) is 0 Å². The van der Waals surface area contributed by atoms with E-state index < -0.39 is 0 Å². The van der Waals surface area contributed by atoms with E-state index in [4.69, 9.17) is 0 Å². The molecule has 0 radical (unpaired) electrons. The van der Waals surface area contributed by atoms with E-state index in [1.165, 1.54) is 25.9 Å². The Morgan fingerprint density at radius 3 is 2.36 bits per heavy atom. The molecule has 3 nitrogen and oxygen atoms in total. The van der Waals surface area contributed by atoms with E-state index in [2.05, 4.69) is 31.1 Å². The number of rotatable bonds is 4. The van der Waals surface area contributed by atoms with Crippen LogP contribution in [-0.4, -0.2) is 48.8 Å². The Morgan fingerprint density at radius 2 is 1.93 bits per heavy atom. The summed E-state index contributed by atoms with van der Waals surface area (Å²) in [7, 11) is 2.17. The van der Waals surface area contributed by atoms with Crippen molar-refractivity contribution < 1.29 is 5.11 Å². The van der Waals surface area contributed by atoms with Crippen LogP contribution in [0.15, 0.2) is 0 Å². The van der Waals surface area contributed by atoms with Gasteiger partial charge in [-0.3, -0.25) is 0 Å². The van der Waals surface area contributed by atoms with Crippen LogP contribution >= 0.6 is 0 Å². The Hall–Kier alpha value is -0.120. The number of nitrogens with zero attached hydrogens (tertiary/aromatic N) is 1. The van der Waals surface area contributed by atoms with Gasteiger partial charge in [-0.05, 0) is 38.9 Å². The third-order valence-corrected chi connectivity index (χ3v) is 3.17. The molecule has 1 aliphatic heterocycles. The van der Waals surface area contributed by atoms with Crippen molar-refractivity contribution in [2.24, 2.45) is 5.92 Å². The molecular weight excluding hydrogens is 176 g/mol. The minimum atomic E-state index is 0.254. The lowest BCUT2D eigenvalue weighted by molar-refractivity contribution is 0.168. The van der Waals surface area contributed by atoms with Crippen molar-refractivity contribution in [1.82, 2.24) is 10.2 Å². The monoisotopic (exact) mass is 200 g/mol. The summed E-state index contributed by atoms with van der Waals surface area (Å²) in [5.74, 6) is 0.514. The van der Waals surface area contributed by atoms with Crippen molar-refractivity contribution in [3.8, 4) is 0 Å². The average Bonchev–Trinajstić information content (AvgIpc) is 2.16. The summed E-state index contributed by atoms with van der Waals surface area (Å²) in [6.07, 6.45) is 2.42. The van der Waals surface area contributed by atoms with Crippen LogP contribution in [0.4, 0.5) is 0 Å². The summed E-state index contributed by atoms with van der Waals surface area (Å²) in [5.41, 5.74) is 0. The minimum Gasteiger partial charge on any atom is -0.395 e. The highest BCUT2D eigenvalue weighted by atomic mass is 16.3. The lowest BCUT2D eigenvalue weighted by atomic mass is 10.00. The molecule has 1 aliphatic rings. The number of nitrogens with one attached hydrogen (secondary N) is 1. The fraction of sp³-hybridized carbons (Fsp3) is 1.00. The molecule has 0 bridgehead atoms. The molecule has 0 aromatic carbocycles. The maximum Gasteiger partial charge on any atom is 0.0587 e. The summed E-state index contributed by atoms with van der Waals surface area (Å²) in [6, 6.07) is 0.870. The van der Waals surface area contributed by atoms with E-state index in [1.807, 2.05) is 0 Å². The number of hydrogen-bond donors (Lipinski definition) is 2. The zero-order valence-corrected chi connectivity index (χ0v) is 9.66. The van der Waals surface area contributed by atoms with Crippen molar-refractivity contribution in [3.05, 3.63) is 0 Å². The molecular formula is C11H24N2O. The fourth-order valence-corrected chi connectivity index (χ4v) is 1.93. The SMILES string of the molecule is CC(C)[C@@H](CO)NC1CCN(C)CC1. The van der Waals surface area contributed by atoms with Crippen molar-refractivity contribution >= 4 is 0 Å². The predicted molar refractivity (Wildman–Crippen MR) is 59.4 cm³/mol. The van der Waals surface area contributed by atoms with Gasteiger partial charge in [-0.1, -0.05) is 13.8 Å². The molecule has 0 aliphatic carbocycles. The first kappa shape index (κ1) is 12.0. The Morgan fingerprint density at radius 1 is 1.36 bits per heavy atom. The van der Waals surface area contributed by atoms with Crippen LogP contribution in [0.25, 0.3) is 0 Å². The van der Waals surface area contributed by atoms with E-state index in [1.54, 1.807) is 0 Å². The van der Waals surface area contributed by atoms with Gasteiger partial charge in [0.05, 0.1) is 6.61 Å². The molecule has 1 saturated heterocycles. The highest BCUT2D eigenvalue weighted by Crippen LogP contribution is 2.11.